The fourth-order valence-electron chi connectivity index (χ4n) is 1.11. The van der Waals surface area contributed by atoms with Crippen molar-refractivity contribution in [2.24, 2.45) is 0 Å². The summed E-state index contributed by atoms with van der Waals surface area (Å²) < 4.78 is 5.01. The minimum atomic E-state index is -1.44. The Kier molecular flexibility index (Phi) is 4.10. The lowest BCUT2D eigenvalue weighted by Crippen LogP contribution is -2.16. The van der Waals surface area contributed by atoms with Crippen molar-refractivity contribution in [1.29, 1.82) is 0 Å². The van der Waals surface area contributed by atoms with E-state index < -0.39 is 13.7 Å². The molecular formula is C12H16O3Si. The summed E-state index contributed by atoms with van der Waals surface area (Å²) in [6.45, 7) is 6.38. The Morgan fingerprint density at radius 2 is 2.06 bits per heavy atom. The maximum Gasteiger partial charge on any atom is 0.335 e. The van der Waals surface area contributed by atoms with E-state index in [0.29, 0.717) is 17.7 Å². The largest absolute Gasteiger partial charge is 0.426 e. The van der Waals surface area contributed by atoms with Gasteiger partial charge in [-0.1, -0.05) is 25.6 Å². The molecule has 0 aliphatic heterocycles. The summed E-state index contributed by atoms with van der Waals surface area (Å²) in [5, 5.41) is 8.86. The second-order valence-electron chi connectivity index (χ2n) is 4.56. The highest BCUT2D eigenvalue weighted by molar-refractivity contribution is 6.83. The first-order valence-electron chi connectivity index (χ1n) is 5.19. The van der Waals surface area contributed by atoms with Crippen molar-refractivity contribution < 1.29 is 9.52 Å². The molecule has 3 nitrogen and oxygen atoms in total. The Labute approximate surface area is 96.1 Å². The van der Waals surface area contributed by atoms with Gasteiger partial charge in [0.2, 0.25) is 0 Å². The van der Waals surface area contributed by atoms with Crippen molar-refractivity contribution in [2.45, 2.75) is 26.1 Å². The first-order valence-corrected chi connectivity index (χ1v) is 8.69. The zero-order valence-corrected chi connectivity index (χ0v) is 10.8. The molecule has 4 heteroatoms. The normalized spacial score (nSPS) is 10.8. The summed E-state index contributed by atoms with van der Waals surface area (Å²) in [4.78, 5) is 11.0. The van der Waals surface area contributed by atoms with Crippen LogP contribution >= 0.6 is 0 Å². The molecule has 0 aromatic carbocycles. The predicted octanol–water partition coefficient (Wildman–Crippen LogP) is 1.40. The van der Waals surface area contributed by atoms with Crippen LogP contribution in [0.1, 0.15) is 11.3 Å². The van der Waals surface area contributed by atoms with Gasteiger partial charge in [0.05, 0.1) is 12.2 Å². The van der Waals surface area contributed by atoms with Gasteiger partial charge in [-0.2, -0.15) is 0 Å². The number of aliphatic hydroxyl groups excluding tert-OH is 1. The minimum Gasteiger partial charge on any atom is -0.426 e. The molecule has 1 N–H and O–H groups in total. The third-order valence-electron chi connectivity index (χ3n) is 1.82. The second-order valence-corrected chi connectivity index (χ2v) is 9.31. The molecule has 1 rings (SSSR count). The monoisotopic (exact) mass is 236 g/mol. The Morgan fingerprint density at radius 1 is 1.38 bits per heavy atom. The van der Waals surface area contributed by atoms with Crippen LogP contribution in [0.5, 0.6) is 0 Å². The summed E-state index contributed by atoms with van der Waals surface area (Å²) in [5.74, 6) is 3.51. The van der Waals surface area contributed by atoms with Crippen molar-refractivity contribution in [3.63, 3.8) is 0 Å². The van der Waals surface area contributed by atoms with Gasteiger partial charge in [-0.05, 0) is 6.07 Å². The molecule has 0 atom stereocenters. The zero-order valence-electron chi connectivity index (χ0n) is 9.83. The van der Waals surface area contributed by atoms with Gasteiger partial charge in [0.15, 0.2) is 0 Å². The van der Waals surface area contributed by atoms with Gasteiger partial charge < -0.3 is 9.52 Å². The van der Waals surface area contributed by atoms with Gasteiger partial charge in [0, 0.05) is 12.5 Å². The maximum atomic E-state index is 11.0. The average molecular weight is 236 g/mol. The van der Waals surface area contributed by atoms with E-state index in [1.807, 2.05) is 0 Å². The van der Waals surface area contributed by atoms with E-state index in [1.54, 1.807) is 6.07 Å². The van der Waals surface area contributed by atoms with Crippen molar-refractivity contribution in [1.82, 2.24) is 0 Å². The topological polar surface area (TPSA) is 50.4 Å². The van der Waals surface area contributed by atoms with Crippen LogP contribution < -0.4 is 5.63 Å². The van der Waals surface area contributed by atoms with Crippen molar-refractivity contribution >= 4 is 8.07 Å². The molecule has 0 spiro atoms. The zero-order chi connectivity index (χ0) is 12.2. The Balaban J connectivity index is 3.11. The molecule has 1 aromatic heterocycles. The van der Waals surface area contributed by atoms with E-state index in [9.17, 15) is 4.79 Å². The molecule has 0 aliphatic carbocycles. The fraction of sp³-hybridized carbons (Fsp3) is 0.417. The molecule has 0 unspecified atom stereocenters. The average Bonchev–Trinajstić information content (AvgIpc) is 2.15. The third-order valence-corrected chi connectivity index (χ3v) is 2.70. The minimum absolute atomic E-state index is 0.0470. The van der Waals surface area contributed by atoms with E-state index in [4.69, 9.17) is 9.52 Å². The number of aliphatic hydroxyl groups is 1. The van der Waals surface area contributed by atoms with Gasteiger partial charge in [0.1, 0.15) is 13.8 Å². The van der Waals surface area contributed by atoms with Crippen LogP contribution in [-0.2, 0) is 6.42 Å². The highest BCUT2D eigenvalue weighted by Gasteiger charge is 2.09. The van der Waals surface area contributed by atoms with E-state index in [2.05, 4.69) is 31.1 Å². The maximum absolute atomic E-state index is 11.0. The van der Waals surface area contributed by atoms with Crippen LogP contribution in [0.25, 0.3) is 0 Å². The summed E-state index contributed by atoms with van der Waals surface area (Å²) in [6.07, 6.45) is 0.325. The van der Waals surface area contributed by atoms with E-state index in [1.165, 1.54) is 6.07 Å². The predicted molar refractivity (Wildman–Crippen MR) is 66.0 cm³/mol. The highest BCUT2D eigenvalue weighted by Crippen LogP contribution is 2.06. The number of hydrogen-bond acceptors (Lipinski definition) is 3. The van der Waals surface area contributed by atoms with Gasteiger partial charge in [-0.25, -0.2) is 4.79 Å². The van der Waals surface area contributed by atoms with Crippen LogP contribution in [0.4, 0.5) is 0 Å². The quantitative estimate of drug-likeness (QED) is 0.624. The summed E-state index contributed by atoms with van der Waals surface area (Å²) in [7, 11) is -1.44. The lowest BCUT2D eigenvalue weighted by molar-refractivity contribution is 0.284. The molecule has 0 saturated heterocycles. The Morgan fingerprint density at radius 3 is 2.62 bits per heavy atom. The van der Waals surface area contributed by atoms with Gasteiger partial charge in [-0.3, -0.25) is 0 Å². The molecular weight excluding hydrogens is 220 g/mol. The molecule has 0 amide bonds. The Hall–Kier alpha value is -1.31. The smallest absolute Gasteiger partial charge is 0.335 e. The number of rotatable bonds is 2. The molecule has 86 valence electrons. The highest BCUT2D eigenvalue weighted by atomic mass is 28.3. The van der Waals surface area contributed by atoms with Crippen LogP contribution in [0.3, 0.4) is 0 Å². The molecule has 1 aromatic rings. The van der Waals surface area contributed by atoms with Gasteiger partial charge in [-0.15, -0.1) is 5.54 Å². The lowest BCUT2D eigenvalue weighted by Gasteiger charge is -2.04. The summed E-state index contributed by atoms with van der Waals surface area (Å²) in [5.41, 5.74) is 3.51. The van der Waals surface area contributed by atoms with Crippen molar-refractivity contribution in [2.75, 3.05) is 6.61 Å². The number of hydrogen-bond donors (Lipinski definition) is 1. The van der Waals surface area contributed by atoms with E-state index >= 15 is 0 Å². The molecule has 0 aliphatic rings. The van der Waals surface area contributed by atoms with Gasteiger partial charge in [0.25, 0.3) is 0 Å². The van der Waals surface area contributed by atoms with Crippen LogP contribution in [0.2, 0.25) is 19.6 Å². The first kappa shape index (κ1) is 12.8. The molecule has 0 saturated carbocycles. The van der Waals surface area contributed by atoms with Crippen LogP contribution in [0, 0.1) is 11.5 Å². The molecule has 0 radical (unpaired) electrons. The van der Waals surface area contributed by atoms with Gasteiger partial charge >= 0.3 is 5.63 Å². The molecule has 16 heavy (non-hydrogen) atoms. The Bertz CT molecular complexity index is 472. The van der Waals surface area contributed by atoms with Crippen molar-refractivity contribution in [3.8, 4) is 11.5 Å². The van der Waals surface area contributed by atoms with Crippen molar-refractivity contribution in [3.05, 3.63) is 33.9 Å². The van der Waals surface area contributed by atoms with E-state index in [-0.39, 0.29) is 6.61 Å². The lowest BCUT2D eigenvalue weighted by atomic mass is 10.2. The summed E-state index contributed by atoms with van der Waals surface area (Å²) in [6, 6.07) is 3.01. The standard InChI is InChI=1S/C12H16O3Si/c1-16(2,3)9-7-10-4-5-12(14)15-11(10)6-8-13/h4-5,13H,6,8H2,1-3H3. The molecule has 0 bridgehead atoms. The summed E-state index contributed by atoms with van der Waals surface area (Å²) >= 11 is 0. The third kappa shape index (κ3) is 4.05. The second kappa shape index (κ2) is 5.15. The first-order chi connectivity index (χ1) is 7.42. The van der Waals surface area contributed by atoms with Crippen LogP contribution in [-0.4, -0.2) is 19.8 Å². The van der Waals surface area contributed by atoms with E-state index in [0.717, 1.165) is 0 Å². The van der Waals surface area contributed by atoms with Crippen LogP contribution in [0.15, 0.2) is 21.3 Å². The molecule has 1 heterocycles. The molecule has 0 fully saturated rings. The fourth-order valence-corrected chi connectivity index (χ4v) is 1.62. The SMILES string of the molecule is C[Si](C)(C)C#Cc1ccc(=O)oc1CCO.